The van der Waals surface area contributed by atoms with Gasteiger partial charge in [0.05, 0.1) is 5.56 Å². The molecular weight excluding hydrogens is 421 g/mol. The number of carboxylic acids is 1. The zero-order chi connectivity index (χ0) is 21.3. The third-order valence-corrected chi connectivity index (χ3v) is 5.78. The van der Waals surface area contributed by atoms with Crippen LogP contribution in [0.1, 0.15) is 15.9 Å². The van der Waals surface area contributed by atoms with Crippen molar-refractivity contribution in [1.82, 2.24) is 5.32 Å². The molecule has 150 valence electrons. The normalized spacial score (nSPS) is 12.1. The molecule has 6 heteroatoms. The largest absolute Gasteiger partial charge is 0.480 e. The predicted molar refractivity (Wildman–Crippen MR) is 121 cm³/mol. The van der Waals surface area contributed by atoms with Gasteiger partial charge in [0.25, 0.3) is 5.91 Å². The number of carboxylic acid groups (broad SMARTS) is 1. The van der Waals surface area contributed by atoms with Crippen LogP contribution in [0.25, 0.3) is 21.5 Å². The van der Waals surface area contributed by atoms with Crippen molar-refractivity contribution >= 4 is 56.6 Å². The zero-order valence-corrected chi connectivity index (χ0v) is 17.2. The lowest BCUT2D eigenvalue weighted by Crippen LogP contribution is -2.42. The maximum atomic E-state index is 13.3. The summed E-state index contributed by atoms with van der Waals surface area (Å²) in [6, 6.07) is 20.9. The van der Waals surface area contributed by atoms with E-state index in [2.05, 4.69) is 5.32 Å². The van der Waals surface area contributed by atoms with Crippen molar-refractivity contribution in [1.29, 1.82) is 0 Å². The molecule has 0 bridgehead atoms. The van der Waals surface area contributed by atoms with Crippen LogP contribution in [-0.4, -0.2) is 23.0 Å². The summed E-state index contributed by atoms with van der Waals surface area (Å²) in [5.74, 6) is -1.62. The molecular formula is C24H17Cl2NO3. The molecule has 0 heterocycles. The van der Waals surface area contributed by atoms with Gasteiger partial charge in [0.2, 0.25) is 0 Å². The van der Waals surface area contributed by atoms with Crippen LogP contribution in [0.15, 0.2) is 72.8 Å². The van der Waals surface area contributed by atoms with E-state index in [1.807, 2.05) is 54.6 Å². The number of carbonyl (C=O) groups excluding carboxylic acids is 1. The van der Waals surface area contributed by atoms with Gasteiger partial charge in [-0.2, -0.15) is 0 Å². The molecule has 2 N–H and O–H groups in total. The van der Waals surface area contributed by atoms with E-state index in [-0.39, 0.29) is 6.42 Å². The molecule has 0 aromatic heterocycles. The summed E-state index contributed by atoms with van der Waals surface area (Å²) in [5, 5.41) is 16.4. The van der Waals surface area contributed by atoms with Gasteiger partial charge in [-0.1, -0.05) is 77.8 Å². The lowest BCUT2D eigenvalue weighted by Gasteiger charge is -2.18. The SMILES string of the molecule is O=C(N[C@H](Cc1c(Cl)cccc1Cl)C(=O)O)c1c2ccccc2cc2ccccc12. The average molecular weight is 438 g/mol. The van der Waals surface area contributed by atoms with Gasteiger partial charge in [0.15, 0.2) is 0 Å². The van der Waals surface area contributed by atoms with E-state index in [4.69, 9.17) is 23.2 Å². The highest BCUT2D eigenvalue weighted by atomic mass is 35.5. The van der Waals surface area contributed by atoms with Crippen molar-refractivity contribution in [3.63, 3.8) is 0 Å². The summed E-state index contributed by atoms with van der Waals surface area (Å²) >= 11 is 12.4. The quantitative estimate of drug-likeness (QED) is 0.392. The first kappa shape index (κ1) is 20.2. The Morgan fingerprint density at radius 2 is 1.37 bits per heavy atom. The number of rotatable bonds is 5. The summed E-state index contributed by atoms with van der Waals surface area (Å²) in [7, 11) is 0. The first-order valence-corrected chi connectivity index (χ1v) is 10.1. The smallest absolute Gasteiger partial charge is 0.326 e. The van der Waals surface area contributed by atoms with Crippen LogP contribution in [0, 0.1) is 0 Å². The first-order chi connectivity index (χ1) is 14.5. The van der Waals surface area contributed by atoms with E-state index in [0.29, 0.717) is 21.2 Å². The second-order valence-electron chi connectivity index (χ2n) is 6.96. The lowest BCUT2D eigenvalue weighted by atomic mass is 9.95. The summed E-state index contributed by atoms with van der Waals surface area (Å²) in [6.07, 6.45) is -0.0255. The van der Waals surface area contributed by atoms with Gasteiger partial charge in [-0.25, -0.2) is 4.79 Å². The Hall–Kier alpha value is -3.08. The molecule has 0 aliphatic rings. The third kappa shape index (κ3) is 3.84. The molecule has 0 saturated heterocycles. The Balaban J connectivity index is 1.76. The van der Waals surface area contributed by atoms with Crippen molar-refractivity contribution in [3.05, 3.63) is 94.0 Å². The van der Waals surface area contributed by atoms with E-state index in [9.17, 15) is 14.7 Å². The molecule has 0 aliphatic carbocycles. The minimum Gasteiger partial charge on any atom is -0.480 e. The van der Waals surface area contributed by atoms with Crippen LogP contribution in [0.3, 0.4) is 0 Å². The molecule has 0 aliphatic heterocycles. The molecule has 0 radical (unpaired) electrons. The fourth-order valence-corrected chi connectivity index (χ4v) is 4.17. The second kappa shape index (κ2) is 8.34. The molecule has 4 aromatic carbocycles. The number of hydrogen-bond acceptors (Lipinski definition) is 2. The van der Waals surface area contributed by atoms with Crippen LogP contribution in [-0.2, 0) is 11.2 Å². The van der Waals surface area contributed by atoms with Gasteiger partial charge in [0, 0.05) is 16.5 Å². The summed E-state index contributed by atoms with van der Waals surface area (Å²) in [4.78, 5) is 25.2. The standard InChI is InChI=1S/C24H17Cl2NO3/c25-19-10-5-11-20(26)18(19)13-21(24(29)30)27-23(28)22-16-8-3-1-6-14(16)12-15-7-2-4-9-17(15)22/h1-12,21H,13H2,(H,27,28)(H,29,30)/t21-/m1/s1. The number of nitrogens with one attached hydrogen (secondary N) is 1. The number of aliphatic carboxylic acids is 1. The first-order valence-electron chi connectivity index (χ1n) is 9.33. The fraction of sp³-hybridized carbons (Fsp3) is 0.0833. The highest BCUT2D eigenvalue weighted by Gasteiger charge is 2.25. The Kier molecular flexibility index (Phi) is 5.62. The minimum atomic E-state index is -1.19. The van der Waals surface area contributed by atoms with Crippen LogP contribution >= 0.6 is 23.2 Å². The molecule has 4 rings (SSSR count). The summed E-state index contributed by atoms with van der Waals surface area (Å²) in [6.45, 7) is 0. The Bertz CT molecular complexity index is 1210. The molecule has 4 aromatic rings. The van der Waals surface area contributed by atoms with Gasteiger partial charge in [-0.15, -0.1) is 0 Å². The van der Waals surface area contributed by atoms with E-state index >= 15 is 0 Å². The molecule has 30 heavy (non-hydrogen) atoms. The van der Waals surface area contributed by atoms with Crippen LogP contribution < -0.4 is 5.32 Å². The molecule has 4 nitrogen and oxygen atoms in total. The molecule has 1 atom stereocenters. The lowest BCUT2D eigenvalue weighted by molar-refractivity contribution is -0.139. The van der Waals surface area contributed by atoms with E-state index in [0.717, 1.165) is 21.5 Å². The number of fused-ring (bicyclic) bond motifs is 2. The van der Waals surface area contributed by atoms with Gasteiger partial charge < -0.3 is 10.4 Å². The molecule has 0 saturated carbocycles. The maximum absolute atomic E-state index is 13.3. The van der Waals surface area contributed by atoms with Crippen molar-refractivity contribution < 1.29 is 14.7 Å². The maximum Gasteiger partial charge on any atom is 0.326 e. The molecule has 0 fully saturated rings. The zero-order valence-electron chi connectivity index (χ0n) is 15.7. The van der Waals surface area contributed by atoms with Crippen molar-refractivity contribution in [2.75, 3.05) is 0 Å². The third-order valence-electron chi connectivity index (χ3n) is 5.07. The number of halogens is 2. The summed E-state index contributed by atoms with van der Waals surface area (Å²) in [5.41, 5.74) is 0.927. The highest BCUT2D eigenvalue weighted by molar-refractivity contribution is 6.36. The van der Waals surface area contributed by atoms with Gasteiger partial charge in [0.1, 0.15) is 6.04 Å². The van der Waals surface area contributed by atoms with E-state index in [1.54, 1.807) is 18.2 Å². The topological polar surface area (TPSA) is 66.4 Å². The number of hydrogen-bond donors (Lipinski definition) is 2. The fourth-order valence-electron chi connectivity index (χ4n) is 3.62. The van der Waals surface area contributed by atoms with E-state index < -0.39 is 17.9 Å². The van der Waals surface area contributed by atoms with Crippen LogP contribution in [0.4, 0.5) is 0 Å². The van der Waals surface area contributed by atoms with Gasteiger partial charge in [-0.05, 0) is 45.3 Å². The predicted octanol–water partition coefficient (Wildman–Crippen LogP) is 5.73. The van der Waals surface area contributed by atoms with Crippen LogP contribution in [0.5, 0.6) is 0 Å². The number of carbonyl (C=O) groups is 2. The van der Waals surface area contributed by atoms with Crippen molar-refractivity contribution in [2.45, 2.75) is 12.5 Å². The monoisotopic (exact) mass is 437 g/mol. The number of amides is 1. The number of benzene rings is 4. The van der Waals surface area contributed by atoms with Crippen molar-refractivity contribution in [3.8, 4) is 0 Å². The second-order valence-corrected chi connectivity index (χ2v) is 7.78. The van der Waals surface area contributed by atoms with Gasteiger partial charge >= 0.3 is 5.97 Å². The molecule has 1 amide bonds. The minimum absolute atomic E-state index is 0.0255. The summed E-state index contributed by atoms with van der Waals surface area (Å²) < 4.78 is 0. The van der Waals surface area contributed by atoms with Gasteiger partial charge in [-0.3, -0.25) is 4.79 Å². The van der Waals surface area contributed by atoms with Crippen molar-refractivity contribution in [2.24, 2.45) is 0 Å². The Morgan fingerprint density at radius 1 is 0.833 bits per heavy atom. The highest BCUT2D eigenvalue weighted by Crippen LogP contribution is 2.29. The van der Waals surface area contributed by atoms with E-state index in [1.165, 1.54) is 0 Å². The Morgan fingerprint density at radius 3 is 1.90 bits per heavy atom. The Labute approximate surface area is 183 Å². The molecule has 0 unspecified atom stereocenters. The average Bonchev–Trinajstić information content (AvgIpc) is 2.73. The molecule has 0 spiro atoms. The van der Waals surface area contributed by atoms with Crippen LogP contribution in [0.2, 0.25) is 10.0 Å².